The number of methoxy groups -OCH3 is 1. The van der Waals surface area contributed by atoms with Gasteiger partial charge in [0, 0.05) is 0 Å². The van der Waals surface area contributed by atoms with E-state index in [4.69, 9.17) is 9.47 Å². The lowest BCUT2D eigenvalue weighted by Crippen LogP contribution is -1.85. The van der Waals surface area contributed by atoms with E-state index in [2.05, 4.69) is 30.3 Å². The topological polar surface area (TPSA) is 18.5 Å². The van der Waals surface area contributed by atoms with Crippen LogP contribution in [-0.2, 0) is 11.2 Å². The van der Waals surface area contributed by atoms with Crippen molar-refractivity contribution in [3.63, 3.8) is 0 Å². The molecule has 94 valence electrons. The lowest BCUT2D eigenvalue weighted by Gasteiger charge is -2.04. The second-order valence-corrected chi connectivity index (χ2v) is 4.08. The molecule has 0 radical (unpaired) electrons. The van der Waals surface area contributed by atoms with E-state index in [0.29, 0.717) is 6.61 Å². The molecule has 0 N–H and O–H groups in total. The van der Waals surface area contributed by atoms with Crippen LogP contribution in [0.2, 0.25) is 0 Å². The third-order valence-electron chi connectivity index (χ3n) is 2.82. The van der Waals surface area contributed by atoms with Crippen molar-refractivity contribution in [1.29, 1.82) is 0 Å². The van der Waals surface area contributed by atoms with Gasteiger partial charge < -0.3 is 9.47 Å². The first kappa shape index (κ1) is 12.5. The van der Waals surface area contributed by atoms with Crippen LogP contribution in [0, 0.1) is 0 Å². The SMILES string of the molecule is CCO/C=C\Cc1ccc2cc(OC)ccc2c1. The maximum absolute atomic E-state index is 5.22. The van der Waals surface area contributed by atoms with Gasteiger partial charge >= 0.3 is 0 Å². The second-order valence-electron chi connectivity index (χ2n) is 4.08. The molecule has 0 heterocycles. The van der Waals surface area contributed by atoms with Gasteiger partial charge in [0.05, 0.1) is 20.0 Å². The molecule has 0 bridgehead atoms. The third-order valence-corrected chi connectivity index (χ3v) is 2.82. The zero-order valence-corrected chi connectivity index (χ0v) is 10.8. The number of hydrogen-bond acceptors (Lipinski definition) is 2. The quantitative estimate of drug-likeness (QED) is 0.739. The van der Waals surface area contributed by atoms with Crippen molar-refractivity contribution in [2.24, 2.45) is 0 Å². The summed E-state index contributed by atoms with van der Waals surface area (Å²) in [4.78, 5) is 0. The predicted octanol–water partition coefficient (Wildman–Crippen LogP) is 3.94. The molecule has 2 nitrogen and oxygen atoms in total. The van der Waals surface area contributed by atoms with Crippen LogP contribution in [0.5, 0.6) is 5.75 Å². The molecule has 18 heavy (non-hydrogen) atoms. The van der Waals surface area contributed by atoms with Gasteiger partial charge in [-0.25, -0.2) is 0 Å². The molecule has 0 unspecified atom stereocenters. The molecule has 0 amide bonds. The average Bonchev–Trinajstić information content (AvgIpc) is 2.43. The molecule has 0 aliphatic carbocycles. The maximum atomic E-state index is 5.22. The minimum absolute atomic E-state index is 0.716. The summed E-state index contributed by atoms with van der Waals surface area (Å²) >= 11 is 0. The average molecular weight is 242 g/mol. The third kappa shape index (κ3) is 3.04. The fourth-order valence-corrected chi connectivity index (χ4v) is 1.88. The molecular formula is C16H18O2. The van der Waals surface area contributed by atoms with Crippen LogP contribution in [0.4, 0.5) is 0 Å². The Morgan fingerprint density at radius 2 is 1.83 bits per heavy atom. The van der Waals surface area contributed by atoms with Gasteiger partial charge in [-0.2, -0.15) is 0 Å². The Bertz CT molecular complexity index is 544. The van der Waals surface area contributed by atoms with E-state index in [1.165, 1.54) is 16.3 Å². The van der Waals surface area contributed by atoms with Crippen molar-refractivity contribution in [3.05, 3.63) is 54.3 Å². The summed E-state index contributed by atoms with van der Waals surface area (Å²) < 4.78 is 10.4. The van der Waals surface area contributed by atoms with E-state index in [-0.39, 0.29) is 0 Å². The molecule has 0 saturated heterocycles. The highest BCUT2D eigenvalue weighted by Gasteiger charge is 1.97. The van der Waals surface area contributed by atoms with E-state index < -0.39 is 0 Å². The Balaban J connectivity index is 2.17. The van der Waals surface area contributed by atoms with Crippen LogP contribution in [0.1, 0.15) is 12.5 Å². The zero-order valence-electron chi connectivity index (χ0n) is 10.8. The molecule has 2 aromatic rings. The Labute approximate surface area is 108 Å². The van der Waals surface area contributed by atoms with Crippen molar-refractivity contribution in [1.82, 2.24) is 0 Å². The van der Waals surface area contributed by atoms with E-state index in [1.807, 2.05) is 19.1 Å². The number of ether oxygens (including phenoxy) is 2. The van der Waals surface area contributed by atoms with Crippen molar-refractivity contribution in [2.75, 3.05) is 13.7 Å². The fraction of sp³-hybridized carbons (Fsp3) is 0.250. The molecule has 0 fully saturated rings. The molecular weight excluding hydrogens is 224 g/mol. The molecule has 2 aromatic carbocycles. The summed E-state index contributed by atoms with van der Waals surface area (Å²) in [7, 11) is 1.69. The molecule has 0 aliphatic rings. The van der Waals surface area contributed by atoms with Crippen LogP contribution < -0.4 is 4.74 Å². The number of benzene rings is 2. The number of fused-ring (bicyclic) bond motifs is 1. The van der Waals surface area contributed by atoms with Crippen LogP contribution in [0.3, 0.4) is 0 Å². The largest absolute Gasteiger partial charge is 0.502 e. The van der Waals surface area contributed by atoms with Crippen molar-refractivity contribution < 1.29 is 9.47 Å². The van der Waals surface area contributed by atoms with Gasteiger partial charge in [0.25, 0.3) is 0 Å². The summed E-state index contributed by atoms with van der Waals surface area (Å²) in [5.41, 5.74) is 1.28. The summed E-state index contributed by atoms with van der Waals surface area (Å²) in [6.07, 6.45) is 4.69. The Morgan fingerprint density at radius 1 is 1.06 bits per heavy atom. The van der Waals surface area contributed by atoms with Crippen LogP contribution >= 0.6 is 0 Å². The Kier molecular flexibility index (Phi) is 4.24. The lowest BCUT2D eigenvalue weighted by molar-refractivity contribution is 0.268. The van der Waals surface area contributed by atoms with Crippen LogP contribution in [0.25, 0.3) is 10.8 Å². The van der Waals surface area contributed by atoms with Gasteiger partial charge in [-0.1, -0.05) is 24.3 Å². The van der Waals surface area contributed by atoms with Gasteiger partial charge in [-0.05, 0) is 47.9 Å². The van der Waals surface area contributed by atoms with Crippen LogP contribution in [-0.4, -0.2) is 13.7 Å². The first-order valence-corrected chi connectivity index (χ1v) is 6.17. The molecule has 0 aromatic heterocycles. The van der Waals surface area contributed by atoms with Crippen LogP contribution in [0.15, 0.2) is 48.7 Å². The summed E-state index contributed by atoms with van der Waals surface area (Å²) in [6.45, 7) is 2.70. The van der Waals surface area contributed by atoms with Crippen molar-refractivity contribution >= 4 is 10.8 Å². The predicted molar refractivity (Wildman–Crippen MR) is 75.0 cm³/mol. The Hall–Kier alpha value is -1.96. The summed E-state index contributed by atoms with van der Waals surface area (Å²) in [5.74, 6) is 0.895. The minimum atomic E-state index is 0.716. The van der Waals surface area contributed by atoms with E-state index in [9.17, 15) is 0 Å². The zero-order chi connectivity index (χ0) is 12.8. The van der Waals surface area contributed by atoms with Gasteiger partial charge in [0.1, 0.15) is 5.75 Å². The summed E-state index contributed by atoms with van der Waals surface area (Å²) in [5, 5.41) is 2.44. The fourth-order valence-electron chi connectivity index (χ4n) is 1.88. The standard InChI is InChI=1S/C16H18O2/c1-3-18-10-4-5-13-6-7-15-12-16(17-2)9-8-14(15)11-13/h4,6-12H,3,5H2,1-2H3/b10-4-. The minimum Gasteiger partial charge on any atom is -0.502 e. The van der Waals surface area contributed by atoms with E-state index >= 15 is 0 Å². The number of rotatable bonds is 5. The second kappa shape index (κ2) is 6.10. The highest BCUT2D eigenvalue weighted by molar-refractivity contribution is 5.84. The molecule has 0 spiro atoms. The molecule has 0 saturated carbocycles. The van der Waals surface area contributed by atoms with Gasteiger partial charge in [-0.3, -0.25) is 0 Å². The van der Waals surface area contributed by atoms with E-state index in [0.717, 1.165) is 12.2 Å². The molecule has 0 atom stereocenters. The lowest BCUT2D eigenvalue weighted by atomic mass is 10.0. The monoisotopic (exact) mass is 242 g/mol. The van der Waals surface area contributed by atoms with Gasteiger partial charge in [0.2, 0.25) is 0 Å². The van der Waals surface area contributed by atoms with Crippen molar-refractivity contribution in [3.8, 4) is 5.75 Å². The highest BCUT2D eigenvalue weighted by atomic mass is 16.5. The van der Waals surface area contributed by atoms with Gasteiger partial charge in [-0.15, -0.1) is 0 Å². The van der Waals surface area contributed by atoms with E-state index in [1.54, 1.807) is 13.4 Å². The first-order chi connectivity index (χ1) is 8.83. The number of allylic oxidation sites excluding steroid dienone is 1. The normalized spacial score (nSPS) is 11.0. The highest BCUT2D eigenvalue weighted by Crippen LogP contribution is 2.22. The van der Waals surface area contributed by atoms with Gasteiger partial charge in [0.15, 0.2) is 0 Å². The molecule has 0 aliphatic heterocycles. The number of hydrogen-bond donors (Lipinski definition) is 0. The molecule has 2 heteroatoms. The maximum Gasteiger partial charge on any atom is 0.119 e. The summed E-state index contributed by atoms with van der Waals surface area (Å²) in [6, 6.07) is 12.6. The molecule has 2 rings (SSSR count). The Morgan fingerprint density at radius 3 is 2.61 bits per heavy atom. The van der Waals surface area contributed by atoms with Crippen molar-refractivity contribution in [2.45, 2.75) is 13.3 Å². The smallest absolute Gasteiger partial charge is 0.119 e. The first-order valence-electron chi connectivity index (χ1n) is 6.17.